The van der Waals surface area contributed by atoms with Crippen LogP contribution in [0.25, 0.3) is 0 Å². The minimum absolute atomic E-state index is 0.201. The third-order valence-electron chi connectivity index (χ3n) is 3.47. The lowest BCUT2D eigenvalue weighted by Gasteiger charge is -2.14. The SMILES string of the molecule is Cc1cccc(C)c1OCCC(C#N)c1cccc(Cl)c1. The lowest BCUT2D eigenvalue weighted by atomic mass is 9.98. The first kappa shape index (κ1) is 15.4. The molecule has 0 heterocycles. The van der Waals surface area contributed by atoms with Gasteiger partial charge in [-0.05, 0) is 42.7 Å². The minimum Gasteiger partial charge on any atom is -0.493 e. The van der Waals surface area contributed by atoms with Gasteiger partial charge in [0.2, 0.25) is 0 Å². The molecule has 2 aromatic rings. The van der Waals surface area contributed by atoms with Gasteiger partial charge in [0, 0.05) is 11.4 Å². The predicted molar refractivity (Wildman–Crippen MR) is 85.8 cm³/mol. The Morgan fingerprint density at radius 3 is 2.43 bits per heavy atom. The van der Waals surface area contributed by atoms with Crippen molar-refractivity contribution < 1.29 is 4.74 Å². The van der Waals surface area contributed by atoms with Crippen LogP contribution in [0.1, 0.15) is 29.0 Å². The fraction of sp³-hybridized carbons (Fsp3) is 0.278. The second-order valence-electron chi connectivity index (χ2n) is 5.09. The summed E-state index contributed by atoms with van der Waals surface area (Å²) < 4.78 is 5.87. The van der Waals surface area contributed by atoms with E-state index in [-0.39, 0.29) is 5.92 Å². The van der Waals surface area contributed by atoms with E-state index < -0.39 is 0 Å². The molecule has 0 spiro atoms. The lowest BCUT2D eigenvalue weighted by molar-refractivity contribution is 0.302. The molecule has 0 N–H and O–H groups in total. The molecule has 0 aliphatic carbocycles. The molecule has 2 aromatic carbocycles. The molecule has 0 bridgehead atoms. The zero-order chi connectivity index (χ0) is 15.2. The van der Waals surface area contributed by atoms with E-state index in [1.807, 2.05) is 56.3 Å². The number of nitrogens with zero attached hydrogens (tertiary/aromatic N) is 1. The maximum Gasteiger partial charge on any atom is 0.125 e. The molecular weight excluding hydrogens is 282 g/mol. The van der Waals surface area contributed by atoms with E-state index in [0.29, 0.717) is 18.1 Å². The van der Waals surface area contributed by atoms with Gasteiger partial charge in [0.15, 0.2) is 0 Å². The Bertz CT molecular complexity index is 640. The Labute approximate surface area is 130 Å². The van der Waals surface area contributed by atoms with Gasteiger partial charge in [-0.3, -0.25) is 0 Å². The highest BCUT2D eigenvalue weighted by molar-refractivity contribution is 6.30. The second kappa shape index (κ2) is 7.15. The number of aryl methyl sites for hydroxylation is 2. The first-order valence-corrected chi connectivity index (χ1v) is 7.33. The topological polar surface area (TPSA) is 33.0 Å². The third kappa shape index (κ3) is 4.00. The van der Waals surface area contributed by atoms with Crippen LogP contribution in [0.3, 0.4) is 0 Å². The van der Waals surface area contributed by atoms with Crippen LogP contribution >= 0.6 is 11.6 Å². The van der Waals surface area contributed by atoms with Crippen molar-refractivity contribution in [3.63, 3.8) is 0 Å². The van der Waals surface area contributed by atoms with Crippen molar-refractivity contribution in [2.75, 3.05) is 6.61 Å². The van der Waals surface area contributed by atoms with Crippen LogP contribution in [0.5, 0.6) is 5.75 Å². The summed E-state index contributed by atoms with van der Waals surface area (Å²) in [5.41, 5.74) is 3.17. The summed E-state index contributed by atoms with van der Waals surface area (Å²) in [6, 6.07) is 15.8. The summed E-state index contributed by atoms with van der Waals surface area (Å²) in [5.74, 6) is 0.716. The maximum absolute atomic E-state index is 9.33. The van der Waals surface area contributed by atoms with Gasteiger partial charge < -0.3 is 4.74 Å². The molecule has 0 aliphatic rings. The smallest absolute Gasteiger partial charge is 0.125 e. The van der Waals surface area contributed by atoms with Gasteiger partial charge in [0.05, 0.1) is 18.6 Å². The van der Waals surface area contributed by atoms with Crippen molar-refractivity contribution in [2.45, 2.75) is 26.2 Å². The lowest BCUT2D eigenvalue weighted by Crippen LogP contribution is -2.06. The number of hydrogen-bond donors (Lipinski definition) is 0. The van der Waals surface area contributed by atoms with Crippen LogP contribution in [0, 0.1) is 25.2 Å². The quantitative estimate of drug-likeness (QED) is 0.775. The first-order valence-electron chi connectivity index (χ1n) is 6.96. The van der Waals surface area contributed by atoms with Crippen LogP contribution in [0.4, 0.5) is 0 Å². The largest absolute Gasteiger partial charge is 0.493 e. The second-order valence-corrected chi connectivity index (χ2v) is 5.53. The number of ether oxygens (including phenoxy) is 1. The number of nitriles is 1. The molecule has 1 atom stereocenters. The van der Waals surface area contributed by atoms with Gasteiger partial charge >= 0.3 is 0 Å². The van der Waals surface area contributed by atoms with Crippen LogP contribution < -0.4 is 4.74 Å². The average Bonchev–Trinajstić information content (AvgIpc) is 2.46. The van der Waals surface area contributed by atoms with E-state index >= 15 is 0 Å². The molecule has 3 heteroatoms. The molecular formula is C18H18ClNO. The molecule has 2 nitrogen and oxygen atoms in total. The van der Waals surface area contributed by atoms with Gasteiger partial charge in [0.25, 0.3) is 0 Å². The number of para-hydroxylation sites is 1. The van der Waals surface area contributed by atoms with Crippen LogP contribution in [0.2, 0.25) is 5.02 Å². The molecule has 0 aliphatic heterocycles. The van der Waals surface area contributed by atoms with Gasteiger partial charge in [-0.1, -0.05) is 41.9 Å². The number of benzene rings is 2. The van der Waals surface area contributed by atoms with Gasteiger partial charge in [-0.2, -0.15) is 5.26 Å². The molecule has 1 unspecified atom stereocenters. The maximum atomic E-state index is 9.33. The summed E-state index contributed by atoms with van der Waals surface area (Å²) in [6.07, 6.45) is 0.643. The minimum atomic E-state index is -0.201. The van der Waals surface area contributed by atoms with E-state index in [2.05, 4.69) is 6.07 Å². The Hall–Kier alpha value is -1.98. The number of rotatable bonds is 5. The Morgan fingerprint density at radius 2 is 1.81 bits per heavy atom. The summed E-state index contributed by atoms with van der Waals surface area (Å²) in [7, 11) is 0. The first-order chi connectivity index (χ1) is 10.1. The van der Waals surface area contributed by atoms with E-state index in [0.717, 1.165) is 22.4 Å². The van der Waals surface area contributed by atoms with Crippen LogP contribution in [-0.4, -0.2) is 6.61 Å². The zero-order valence-electron chi connectivity index (χ0n) is 12.3. The highest BCUT2D eigenvalue weighted by atomic mass is 35.5. The Balaban J connectivity index is 2.00. The van der Waals surface area contributed by atoms with Crippen molar-refractivity contribution in [1.82, 2.24) is 0 Å². The number of halogens is 1. The molecule has 0 radical (unpaired) electrons. The number of hydrogen-bond acceptors (Lipinski definition) is 2. The molecule has 0 saturated heterocycles. The van der Waals surface area contributed by atoms with Crippen LogP contribution in [0.15, 0.2) is 42.5 Å². The van der Waals surface area contributed by atoms with E-state index in [1.165, 1.54) is 0 Å². The van der Waals surface area contributed by atoms with Crippen molar-refractivity contribution in [1.29, 1.82) is 5.26 Å². The van der Waals surface area contributed by atoms with Gasteiger partial charge in [0.1, 0.15) is 5.75 Å². The molecule has 21 heavy (non-hydrogen) atoms. The highest BCUT2D eigenvalue weighted by Gasteiger charge is 2.12. The molecule has 0 amide bonds. The van der Waals surface area contributed by atoms with E-state index in [4.69, 9.17) is 16.3 Å². The fourth-order valence-corrected chi connectivity index (χ4v) is 2.53. The fourth-order valence-electron chi connectivity index (χ4n) is 2.33. The predicted octanol–water partition coefficient (Wildman–Crippen LogP) is 5.03. The summed E-state index contributed by atoms with van der Waals surface area (Å²) in [5, 5.41) is 9.98. The average molecular weight is 300 g/mol. The summed E-state index contributed by atoms with van der Waals surface area (Å²) in [6.45, 7) is 4.57. The van der Waals surface area contributed by atoms with E-state index in [9.17, 15) is 5.26 Å². The van der Waals surface area contributed by atoms with Crippen molar-refractivity contribution in [3.05, 3.63) is 64.2 Å². The Kier molecular flexibility index (Phi) is 5.25. The van der Waals surface area contributed by atoms with E-state index in [1.54, 1.807) is 0 Å². The van der Waals surface area contributed by atoms with Crippen molar-refractivity contribution in [2.24, 2.45) is 0 Å². The van der Waals surface area contributed by atoms with Gasteiger partial charge in [-0.25, -0.2) is 0 Å². The highest BCUT2D eigenvalue weighted by Crippen LogP contribution is 2.25. The van der Waals surface area contributed by atoms with Crippen LogP contribution in [-0.2, 0) is 0 Å². The van der Waals surface area contributed by atoms with Gasteiger partial charge in [-0.15, -0.1) is 0 Å². The normalized spacial score (nSPS) is 11.7. The van der Waals surface area contributed by atoms with Crippen molar-refractivity contribution >= 4 is 11.6 Å². The summed E-state index contributed by atoms with van der Waals surface area (Å²) >= 11 is 5.98. The Morgan fingerprint density at radius 1 is 1.14 bits per heavy atom. The monoisotopic (exact) mass is 299 g/mol. The molecule has 108 valence electrons. The zero-order valence-corrected chi connectivity index (χ0v) is 13.0. The summed E-state index contributed by atoms with van der Waals surface area (Å²) in [4.78, 5) is 0. The van der Waals surface area contributed by atoms with Crippen molar-refractivity contribution in [3.8, 4) is 11.8 Å². The third-order valence-corrected chi connectivity index (χ3v) is 3.70. The standard InChI is InChI=1S/C18H18ClNO/c1-13-5-3-6-14(2)18(13)21-10-9-16(12-20)15-7-4-8-17(19)11-15/h3-8,11,16H,9-10H2,1-2H3. The molecule has 0 saturated carbocycles. The molecule has 0 aromatic heterocycles. The molecule has 2 rings (SSSR count). The molecule has 0 fully saturated rings.